The first-order chi connectivity index (χ1) is 6.15. The number of hydrogen-bond acceptors (Lipinski definition) is 0. The molecule has 2 atom stereocenters. The van der Waals surface area contributed by atoms with Crippen LogP contribution in [-0.2, 0) is 0 Å². The summed E-state index contributed by atoms with van der Waals surface area (Å²) in [6.45, 7) is 6.80. The van der Waals surface area contributed by atoms with Crippen molar-refractivity contribution >= 4 is 11.6 Å². The maximum Gasteiger partial charge on any atom is 0.0406 e. The summed E-state index contributed by atoms with van der Waals surface area (Å²) in [7, 11) is 0. The maximum atomic E-state index is 5.83. The molecule has 0 N–H and O–H groups in total. The first-order valence-electron chi connectivity index (χ1n) is 4.90. The third-order valence-corrected chi connectivity index (χ3v) is 3.15. The predicted octanol–water partition coefficient (Wildman–Crippen LogP) is 4.49. The van der Waals surface area contributed by atoms with Gasteiger partial charge in [-0.1, -0.05) is 50.9 Å². The van der Waals surface area contributed by atoms with Crippen LogP contribution < -0.4 is 0 Å². The van der Waals surface area contributed by atoms with Gasteiger partial charge >= 0.3 is 0 Å². The van der Waals surface area contributed by atoms with Crippen LogP contribution in [0, 0.1) is 5.92 Å². The molecule has 72 valence electrons. The summed E-state index contributed by atoms with van der Waals surface area (Å²) in [5.74, 6) is 1.36. The highest BCUT2D eigenvalue weighted by molar-refractivity contribution is 6.30. The fraction of sp³-hybridized carbons (Fsp3) is 0.500. The lowest BCUT2D eigenvalue weighted by Crippen LogP contribution is -2.04. The summed E-state index contributed by atoms with van der Waals surface area (Å²) in [5, 5.41) is 0.820. The van der Waals surface area contributed by atoms with Crippen molar-refractivity contribution in [2.75, 3.05) is 0 Å². The van der Waals surface area contributed by atoms with Crippen molar-refractivity contribution in [3.8, 4) is 0 Å². The number of rotatable bonds is 3. The van der Waals surface area contributed by atoms with Crippen LogP contribution in [0.2, 0.25) is 5.02 Å². The van der Waals surface area contributed by atoms with Gasteiger partial charge in [-0.3, -0.25) is 0 Å². The summed E-state index contributed by atoms with van der Waals surface area (Å²) in [6.07, 6.45) is 1.23. The summed E-state index contributed by atoms with van der Waals surface area (Å²) < 4.78 is 0. The van der Waals surface area contributed by atoms with Crippen molar-refractivity contribution in [1.29, 1.82) is 0 Å². The van der Waals surface area contributed by atoms with Gasteiger partial charge in [-0.25, -0.2) is 0 Å². The van der Waals surface area contributed by atoms with Crippen molar-refractivity contribution in [2.24, 2.45) is 5.92 Å². The molecule has 0 heterocycles. The minimum atomic E-state index is 0.627. The molecular weight excluding hydrogens is 180 g/mol. The van der Waals surface area contributed by atoms with Crippen LogP contribution in [0.4, 0.5) is 0 Å². The minimum absolute atomic E-state index is 0.627. The Balaban J connectivity index is 2.77. The smallest absolute Gasteiger partial charge is 0.0406 e. The SMILES string of the molecule is CCC(C)[C@H](C)c1ccc(Cl)cc1. The Labute approximate surface area is 85.9 Å². The molecule has 1 heteroatoms. The van der Waals surface area contributed by atoms with Gasteiger partial charge in [-0.2, -0.15) is 0 Å². The van der Waals surface area contributed by atoms with Crippen LogP contribution in [-0.4, -0.2) is 0 Å². The van der Waals surface area contributed by atoms with E-state index in [-0.39, 0.29) is 0 Å². The van der Waals surface area contributed by atoms with Crippen LogP contribution in [0.1, 0.15) is 38.7 Å². The molecule has 0 aliphatic carbocycles. The second kappa shape index (κ2) is 4.66. The summed E-state index contributed by atoms with van der Waals surface area (Å²) in [6, 6.07) is 8.18. The lowest BCUT2D eigenvalue weighted by molar-refractivity contribution is 0.473. The zero-order valence-corrected chi connectivity index (χ0v) is 9.31. The number of halogens is 1. The molecule has 1 aromatic carbocycles. The first kappa shape index (κ1) is 10.6. The van der Waals surface area contributed by atoms with Crippen molar-refractivity contribution in [3.63, 3.8) is 0 Å². The largest absolute Gasteiger partial charge is 0.0843 e. The maximum absolute atomic E-state index is 5.83. The quantitative estimate of drug-likeness (QED) is 0.668. The van der Waals surface area contributed by atoms with Gasteiger partial charge in [0, 0.05) is 5.02 Å². The van der Waals surface area contributed by atoms with E-state index in [1.807, 2.05) is 12.1 Å². The molecule has 0 bridgehead atoms. The van der Waals surface area contributed by atoms with Crippen LogP contribution in [0.3, 0.4) is 0 Å². The number of benzene rings is 1. The van der Waals surface area contributed by atoms with Gasteiger partial charge in [0.15, 0.2) is 0 Å². The Morgan fingerprint density at radius 1 is 1.15 bits per heavy atom. The fourth-order valence-corrected chi connectivity index (χ4v) is 1.57. The van der Waals surface area contributed by atoms with Gasteiger partial charge in [-0.05, 0) is 29.5 Å². The van der Waals surface area contributed by atoms with Crippen molar-refractivity contribution < 1.29 is 0 Å². The molecule has 0 saturated carbocycles. The Hall–Kier alpha value is -0.490. The van der Waals surface area contributed by atoms with Gasteiger partial charge in [0.25, 0.3) is 0 Å². The lowest BCUT2D eigenvalue weighted by atomic mass is 9.87. The number of hydrogen-bond donors (Lipinski definition) is 0. The molecular formula is C12H17Cl. The average Bonchev–Trinajstić information content (AvgIpc) is 2.17. The second-order valence-corrected chi connectivity index (χ2v) is 4.16. The van der Waals surface area contributed by atoms with E-state index in [2.05, 4.69) is 32.9 Å². The molecule has 0 radical (unpaired) electrons. The molecule has 0 spiro atoms. The Bertz CT molecular complexity index is 250. The van der Waals surface area contributed by atoms with Gasteiger partial charge in [0.1, 0.15) is 0 Å². The molecule has 1 rings (SSSR count). The van der Waals surface area contributed by atoms with E-state index in [1.54, 1.807) is 0 Å². The van der Waals surface area contributed by atoms with Gasteiger partial charge in [0.05, 0.1) is 0 Å². The summed E-state index contributed by atoms with van der Waals surface area (Å²) >= 11 is 5.83. The predicted molar refractivity (Wildman–Crippen MR) is 59.3 cm³/mol. The Kier molecular flexibility index (Phi) is 3.80. The minimum Gasteiger partial charge on any atom is -0.0843 e. The highest BCUT2D eigenvalue weighted by Crippen LogP contribution is 2.26. The van der Waals surface area contributed by atoms with Crippen LogP contribution >= 0.6 is 11.6 Å². The Morgan fingerprint density at radius 3 is 2.15 bits per heavy atom. The second-order valence-electron chi connectivity index (χ2n) is 3.73. The van der Waals surface area contributed by atoms with E-state index in [4.69, 9.17) is 11.6 Å². The standard InChI is InChI=1S/C12H17Cl/c1-4-9(2)10(3)11-5-7-12(13)8-6-11/h5-10H,4H2,1-3H3/t9?,10-/m0/s1. The van der Waals surface area contributed by atoms with E-state index in [9.17, 15) is 0 Å². The zero-order chi connectivity index (χ0) is 9.84. The summed E-state index contributed by atoms with van der Waals surface area (Å²) in [4.78, 5) is 0. The van der Waals surface area contributed by atoms with Crippen LogP contribution in [0.15, 0.2) is 24.3 Å². The molecule has 1 unspecified atom stereocenters. The van der Waals surface area contributed by atoms with E-state index in [1.165, 1.54) is 12.0 Å². The first-order valence-corrected chi connectivity index (χ1v) is 5.28. The molecule has 0 aliphatic heterocycles. The third kappa shape index (κ3) is 2.73. The lowest BCUT2D eigenvalue weighted by Gasteiger charge is -2.18. The van der Waals surface area contributed by atoms with Crippen molar-refractivity contribution in [1.82, 2.24) is 0 Å². The highest BCUT2D eigenvalue weighted by Gasteiger charge is 2.11. The van der Waals surface area contributed by atoms with E-state index >= 15 is 0 Å². The monoisotopic (exact) mass is 196 g/mol. The van der Waals surface area contributed by atoms with Crippen LogP contribution in [0.25, 0.3) is 0 Å². The van der Waals surface area contributed by atoms with Gasteiger partial charge in [0.2, 0.25) is 0 Å². The molecule has 0 fully saturated rings. The topological polar surface area (TPSA) is 0 Å². The normalized spacial score (nSPS) is 15.4. The van der Waals surface area contributed by atoms with Gasteiger partial charge < -0.3 is 0 Å². The van der Waals surface area contributed by atoms with Crippen LogP contribution in [0.5, 0.6) is 0 Å². The molecule has 0 aliphatic rings. The summed E-state index contributed by atoms with van der Waals surface area (Å²) in [5.41, 5.74) is 1.39. The van der Waals surface area contributed by atoms with Gasteiger partial charge in [-0.15, -0.1) is 0 Å². The molecule has 1 aromatic rings. The third-order valence-electron chi connectivity index (χ3n) is 2.89. The van der Waals surface area contributed by atoms with E-state index in [0.29, 0.717) is 5.92 Å². The fourth-order valence-electron chi connectivity index (χ4n) is 1.45. The van der Waals surface area contributed by atoms with E-state index in [0.717, 1.165) is 10.9 Å². The van der Waals surface area contributed by atoms with Crippen molar-refractivity contribution in [3.05, 3.63) is 34.9 Å². The average molecular weight is 197 g/mol. The molecule has 13 heavy (non-hydrogen) atoms. The zero-order valence-electron chi connectivity index (χ0n) is 8.55. The molecule has 0 aromatic heterocycles. The highest BCUT2D eigenvalue weighted by atomic mass is 35.5. The van der Waals surface area contributed by atoms with Crippen molar-refractivity contribution in [2.45, 2.75) is 33.1 Å². The Morgan fingerprint density at radius 2 is 1.69 bits per heavy atom. The molecule has 0 nitrogen and oxygen atoms in total. The molecule has 0 saturated heterocycles. The van der Waals surface area contributed by atoms with E-state index < -0.39 is 0 Å². The molecule has 0 amide bonds.